The summed E-state index contributed by atoms with van der Waals surface area (Å²) in [5.41, 5.74) is 2.49. The third kappa shape index (κ3) is 5.40. The first-order chi connectivity index (χ1) is 16.8. The van der Waals surface area contributed by atoms with Crippen LogP contribution in [0.25, 0.3) is 22.0 Å². The number of carboxylic acids is 1. The molecule has 2 aromatic carbocycles. The van der Waals surface area contributed by atoms with Gasteiger partial charge >= 0.3 is 12.6 Å². The van der Waals surface area contributed by atoms with E-state index in [1.165, 1.54) is 12.3 Å². The lowest BCUT2D eigenvalue weighted by Gasteiger charge is -2.19. The zero-order chi connectivity index (χ0) is 26.4. The lowest BCUT2D eigenvalue weighted by Crippen LogP contribution is -2.19. The molecule has 1 atom stereocenters. The number of halogens is 2. The summed E-state index contributed by atoms with van der Waals surface area (Å²) < 4.78 is 59.4. The maximum absolute atomic E-state index is 13.5. The fourth-order valence-corrected chi connectivity index (χ4v) is 4.37. The summed E-state index contributed by atoms with van der Waals surface area (Å²) in [4.78, 5) is 24.4. The Kier molecular flexibility index (Phi) is 6.86. The number of hydrogen-bond donors (Lipinski definition) is 3. The molecule has 0 spiro atoms. The Morgan fingerprint density at radius 1 is 1.22 bits per heavy atom. The van der Waals surface area contributed by atoms with E-state index in [2.05, 4.69) is 12.2 Å². The molecule has 0 amide bonds. The lowest BCUT2D eigenvalue weighted by atomic mass is 9.96. The van der Waals surface area contributed by atoms with Crippen LogP contribution in [0.2, 0.25) is 0 Å². The second kappa shape index (κ2) is 9.60. The largest absolute Gasteiger partial charge is 0.477 e. The molecular formula is C24H24F2N2O7S. The van der Waals surface area contributed by atoms with E-state index in [0.29, 0.717) is 23.9 Å². The minimum Gasteiger partial charge on any atom is -0.477 e. The van der Waals surface area contributed by atoms with Crippen LogP contribution in [0.1, 0.15) is 53.3 Å². The number of carbonyl (C=O) groups is 1. The third-order valence-corrected chi connectivity index (χ3v) is 6.04. The lowest BCUT2D eigenvalue weighted by molar-refractivity contribution is -0.0486. The van der Waals surface area contributed by atoms with Crippen molar-refractivity contribution < 1.29 is 36.4 Å². The summed E-state index contributed by atoms with van der Waals surface area (Å²) in [6.45, 7) is -0.360. The summed E-state index contributed by atoms with van der Waals surface area (Å²) in [7, 11) is -3.67. The van der Waals surface area contributed by atoms with Crippen molar-refractivity contribution in [3.05, 3.63) is 63.4 Å². The smallest absolute Gasteiger partial charge is 0.387 e. The molecule has 1 saturated carbocycles. The monoisotopic (exact) mass is 522 g/mol. The third-order valence-electron chi connectivity index (χ3n) is 6.04. The Bertz CT molecular complexity index is 1510. The van der Waals surface area contributed by atoms with E-state index in [1.807, 2.05) is 18.2 Å². The Labute approximate surface area is 205 Å². The first-order valence-electron chi connectivity index (χ1n) is 11.0. The highest BCUT2D eigenvalue weighted by molar-refractivity contribution is 7.85. The van der Waals surface area contributed by atoms with Crippen molar-refractivity contribution in [3.63, 3.8) is 0 Å². The average Bonchev–Trinajstić information content (AvgIpc) is 3.55. The van der Waals surface area contributed by atoms with Crippen molar-refractivity contribution >= 4 is 27.0 Å². The normalized spacial score (nSPS) is 17.0. The molecular weight excluding hydrogens is 498 g/mol. The van der Waals surface area contributed by atoms with Crippen LogP contribution in [0.5, 0.6) is 5.75 Å². The van der Waals surface area contributed by atoms with Gasteiger partial charge in [-0.15, -0.1) is 0 Å². The summed E-state index contributed by atoms with van der Waals surface area (Å²) in [6.07, 6.45) is 3.52. The van der Waals surface area contributed by atoms with E-state index >= 15 is 0 Å². The maximum atomic E-state index is 13.5. The molecule has 5 rings (SSSR count). The molecule has 2 heterocycles. The summed E-state index contributed by atoms with van der Waals surface area (Å²) in [6, 6.07) is 8.98. The molecule has 0 saturated heterocycles. The van der Waals surface area contributed by atoms with Crippen molar-refractivity contribution in [2.75, 3.05) is 6.26 Å². The van der Waals surface area contributed by atoms with Crippen LogP contribution >= 0.6 is 0 Å². The van der Waals surface area contributed by atoms with E-state index in [4.69, 9.17) is 9.29 Å². The van der Waals surface area contributed by atoms with Crippen molar-refractivity contribution in [2.45, 2.75) is 45.0 Å². The van der Waals surface area contributed by atoms with Gasteiger partial charge in [-0.05, 0) is 54.7 Å². The first kappa shape index (κ1) is 25.7. The molecule has 2 aliphatic rings. The van der Waals surface area contributed by atoms with Crippen LogP contribution in [-0.4, -0.2) is 41.5 Å². The standard InChI is InChI=1S/C23H20F2N2O4.CH4O3S/c1-11-15-5-2-12(8-13(15)9-26-11)16-6-7-17-19(21(16)31-23(24)25)27(14-3-4-14)10-18(20(17)28)22(29)30;1-5(2,3)4/h2,5-8,10-11,14,23,26H,3-4,9H2,1H3,(H,29,30);1H3,(H,2,3,4). The van der Waals surface area contributed by atoms with Gasteiger partial charge < -0.3 is 19.7 Å². The highest BCUT2D eigenvalue weighted by Gasteiger charge is 2.30. The number of nitrogens with one attached hydrogen (secondary N) is 1. The number of nitrogens with zero attached hydrogens (tertiary/aromatic N) is 1. The van der Waals surface area contributed by atoms with Gasteiger partial charge in [0, 0.05) is 30.4 Å². The van der Waals surface area contributed by atoms with Crippen molar-refractivity contribution in [3.8, 4) is 16.9 Å². The molecule has 1 aliphatic heterocycles. The molecule has 3 aromatic rings. The number of fused-ring (bicyclic) bond motifs is 2. The molecule has 192 valence electrons. The summed E-state index contributed by atoms with van der Waals surface area (Å²) >= 11 is 0. The van der Waals surface area contributed by atoms with Gasteiger partial charge in [-0.3, -0.25) is 9.35 Å². The van der Waals surface area contributed by atoms with Crippen LogP contribution in [0, 0.1) is 0 Å². The van der Waals surface area contributed by atoms with Crippen molar-refractivity contribution in [1.29, 1.82) is 0 Å². The predicted octanol–water partition coefficient (Wildman–Crippen LogP) is 3.97. The number of alkyl halides is 2. The van der Waals surface area contributed by atoms with E-state index < -0.39 is 28.1 Å². The van der Waals surface area contributed by atoms with Gasteiger partial charge in [-0.25, -0.2) is 4.79 Å². The van der Waals surface area contributed by atoms with Gasteiger partial charge in [0.1, 0.15) is 5.56 Å². The average molecular weight is 523 g/mol. The van der Waals surface area contributed by atoms with Gasteiger partial charge in [0.15, 0.2) is 5.75 Å². The molecule has 36 heavy (non-hydrogen) atoms. The van der Waals surface area contributed by atoms with Gasteiger partial charge in [-0.2, -0.15) is 17.2 Å². The zero-order valence-electron chi connectivity index (χ0n) is 19.4. The SMILES string of the molecule is CC1NCc2cc(-c3ccc4c(=O)c(C(=O)O)cn(C5CC5)c4c3OC(F)F)ccc21.CS(=O)(=O)O. The molecule has 3 N–H and O–H groups in total. The van der Waals surface area contributed by atoms with Crippen LogP contribution < -0.4 is 15.5 Å². The highest BCUT2D eigenvalue weighted by atomic mass is 32.2. The van der Waals surface area contributed by atoms with Crippen LogP contribution in [0.15, 0.2) is 41.3 Å². The van der Waals surface area contributed by atoms with Crippen LogP contribution in [-0.2, 0) is 16.7 Å². The molecule has 1 fully saturated rings. The number of aromatic carboxylic acids is 1. The van der Waals surface area contributed by atoms with Gasteiger partial charge in [-0.1, -0.05) is 12.1 Å². The van der Waals surface area contributed by atoms with Gasteiger partial charge in [0.2, 0.25) is 5.43 Å². The topological polar surface area (TPSA) is 135 Å². The Morgan fingerprint density at radius 2 is 1.89 bits per heavy atom. The summed E-state index contributed by atoms with van der Waals surface area (Å²) in [5, 5.41) is 12.8. The molecule has 0 radical (unpaired) electrons. The Morgan fingerprint density at radius 3 is 2.47 bits per heavy atom. The van der Waals surface area contributed by atoms with Crippen LogP contribution in [0.4, 0.5) is 8.78 Å². The Hall–Kier alpha value is -3.35. The first-order valence-corrected chi connectivity index (χ1v) is 12.9. The zero-order valence-corrected chi connectivity index (χ0v) is 20.2. The van der Waals surface area contributed by atoms with Gasteiger partial charge in [0.25, 0.3) is 10.1 Å². The molecule has 12 heteroatoms. The quantitative estimate of drug-likeness (QED) is 0.429. The van der Waals surface area contributed by atoms with E-state index in [1.54, 1.807) is 10.6 Å². The number of pyridine rings is 1. The minimum absolute atomic E-state index is 0.0541. The Balaban J connectivity index is 0.000000556. The van der Waals surface area contributed by atoms with E-state index in [0.717, 1.165) is 24.0 Å². The second-order valence-electron chi connectivity index (χ2n) is 8.78. The molecule has 9 nitrogen and oxygen atoms in total. The highest BCUT2D eigenvalue weighted by Crippen LogP contribution is 2.43. The minimum atomic E-state index is -3.67. The number of rotatable bonds is 5. The summed E-state index contributed by atoms with van der Waals surface area (Å²) in [5.74, 6) is -1.45. The number of aromatic nitrogens is 1. The number of hydrogen-bond acceptors (Lipinski definition) is 6. The number of benzene rings is 2. The van der Waals surface area contributed by atoms with E-state index in [9.17, 15) is 31.9 Å². The number of carboxylic acid groups (broad SMARTS) is 1. The van der Waals surface area contributed by atoms with Crippen molar-refractivity contribution in [2.24, 2.45) is 0 Å². The second-order valence-corrected chi connectivity index (χ2v) is 10.2. The van der Waals surface area contributed by atoms with E-state index in [-0.39, 0.29) is 34.3 Å². The molecule has 1 unspecified atom stereocenters. The fourth-order valence-electron chi connectivity index (χ4n) is 4.37. The van der Waals surface area contributed by atoms with Crippen molar-refractivity contribution in [1.82, 2.24) is 9.88 Å². The maximum Gasteiger partial charge on any atom is 0.387 e. The number of ether oxygens (including phenoxy) is 1. The molecule has 0 bridgehead atoms. The molecule has 1 aromatic heterocycles. The van der Waals surface area contributed by atoms with Crippen LogP contribution in [0.3, 0.4) is 0 Å². The molecule has 1 aliphatic carbocycles. The predicted molar refractivity (Wildman–Crippen MR) is 128 cm³/mol. The van der Waals surface area contributed by atoms with Gasteiger partial charge in [0.05, 0.1) is 17.2 Å². The fraction of sp³-hybridized carbons (Fsp3) is 0.333.